The normalized spacial score (nSPS) is 11.6. The van der Waals surface area contributed by atoms with Crippen molar-refractivity contribution in [3.05, 3.63) is 78.4 Å². The average molecular weight is 378 g/mol. The van der Waals surface area contributed by atoms with E-state index in [0.717, 1.165) is 11.1 Å². The summed E-state index contributed by atoms with van der Waals surface area (Å²) in [6.07, 6.45) is 0. The SMILES string of the molecule is COc1ccc(S(=O)(=O)c2c(-c3ccc(C)cc3)oc3ccccc23)cc1. The Kier molecular flexibility index (Phi) is 4.24. The second-order valence-electron chi connectivity index (χ2n) is 6.30. The second-order valence-corrected chi connectivity index (χ2v) is 8.19. The van der Waals surface area contributed by atoms with E-state index in [1.165, 1.54) is 0 Å². The molecule has 0 aliphatic heterocycles. The zero-order valence-electron chi connectivity index (χ0n) is 15.0. The van der Waals surface area contributed by atoms with Gasteiger partial charge in [0, 0.05) is 10.9 Å². The number of ether oxygens (including phenoxy) is 1. The molecule has 4 aromatic rings. The molecule has 0 spiro atoms. The van der Waals surface area contributed by atoms with Crippen LogP contribution in [0.15, 0.2) is 87.0 Å². The van der Waals surface area contributed by atoms with Gasteiger partial charge in [-0.25, -0.2) is 8.42 Å². The van der Waals surface area contributed by atoms with E-state index in [4.69, 9.17) is 9.15 Å². The van der Waals surface area contributed by atoms with Crippen molar-refractivity contribution in [2.24, 2.45) is 0 Å². The number of furan rings is 1. The van der Waals surface area contributed by atoms with Crippen LogP contribution in [-0.4, -0.2) is 15.5 Å². The van der Waals surface area contributed by atoms with Gasteiger partial charge in [-0.05, 0) is 43.3 Å². The van der Waals surface area contributed by atoms with Crippen LogP contribution in [0.5, 0.6) is 5.75 Å². The van der Waals surface area contributed by atoms with E-state index in [1.54, 1.807) is 43.5 Å². The number of para-hydroxylation sites is 1. The van der Waals surface area contributed by atoms with Crippen molar-refractivity contribution in [1.82, 2.24) is 0 Å². The number of fused-ring (bicyclic) bond motifs is 1. The first-order chi connectivity index (χ1) is 13.0. The van der Waals surface area contributed by atoms with Crippen molar-refractivity contribution in [3.8, 4) is 17.1 Å². The Balaban J connectivity index is 1.98. The fraction of sp³-hybridized carbons (Fsp3) is 0.0909. The molecule has 3 aromatic carbocycles. The Bertz CT molecular complexity index is 1200. The highest BCUT2D eigenvalue weighted by molar-refractivity contribution is 7.91. The van der Waals surface area contributed by atoms with Crippen LogP contribution in [0, 0.1) is 6.92 Å². The van der Waals surface area contributed by atoms with E-state index >= 15 is 0 Å². The Hall–Kier alpha value is -3.05. The molecule has 0 radical (unpaired) electrons. The van der Waals surface area contributed by atoms with Gasteiger partial charge in [0.15, 0.2) is 5.76 Å². The van der Waals surface area contributed by atoms with Crippen LogP contribution in [0.4, 0.5) is 0 Å². The molecule has 27 heavy (non-hydrogen) atoms. The van der Waals surface area contributed by atoms with Gasteiger partial charge in [0.05, 0.1) is 12.0 Å². The van der Waals surface area contributed by atoms with Crippen molar-refractivity contribution < 1.29 is 17.6 Å². The van der Waals surface area contributed by atoms with Crippen LogP contribution in [0.3, 0.4) is 0 Å². The fourth-order valence-electron chi connectivity index (χ4n) is 3.06. The van der Waals surface area contributed by atoms with Gasteiger partial charge >= 0.3 is 0 Å². The fourth-order valence-corrected chi connectivity index (χ4v) is 4.65. The zero-order valence-corrected chi connectivity index (χ0v) is 15.8. The van der Waals surface area contributed by atoms with Crippen molar-refractivity contribution in [3.63, 3.8) is 0 Å². The Labute approximate surface area is 157 Å². The first-order valence-corrected chi connectivity index (χ1v) is 9.97. The number of hydrogen-bond donors (Lipinski definition) is 0. The van der Waals surface area contributed by atoms with Gasteiger partial charge in [0.25, 0.3) is 0 Å². The summed E-state index contributed by atoms with van der Waals surface area (Å²) >= 11 is 0. The van der Waals surface area contributed by atoms with Gasteiger partial charge in [-0.3, -0.25) is 0 Å². The highest BCUT2D eigenvalue weighted by Crippen LogP contribution is 2.39. The molecule has 1 heterocycles. The second kappa shape index (κ2) is 6.59. The molecule has 0 unspecified atom stereocenters. The van der Waals surface area contributed by atoms with Gasteiger partial charge in [-0.2, -0.15) is 0 Å². The van der Waals surface area contributed by atoms with E-state index in [9.17, 15) is 8.42 Å². The molecule has 0 fully saturated rings. The Morgan fingerprint density at radius 1 is 0.852 bits per heavy atom. The molecular formula is C22H18O4S. The summed E-state index contributed by atoms with van der Waals surface area (Å²) in [6, 6.07) is 21.2. The van der Waals surface area contributed by atoms with Crippen molar-refractivity contribution >= 4 is 20.8 Å². The third kappa shape index (κ3) is 3.00. The standard InChI is InChI=1S/C22H18O4S/c1-15-7-9-16(10-8-15)21-22(19-5-3-4-6-20(19)26-21)27(23,24)18-13-11-17(25-2)12-14-18/h3-14H,1-2H3. The molecule has 0 bridgehead atoms. The molecule has 0 atom stereocenters. The highest BCUT2D eigenvalue weighted by Gasteiger charge is 2.28. The molecule has 0 amide bonds. The molecule has 0 aliphatic rings. The number of hydrogen-bond acceptors (Lipinski definition) is 4. The molecule has 4 nitrogen and oxygen atoms in total. The predicted molar refractivity (Wildman–Crippen MR) is 105 cm³/mol. The molecule has 136 valence electrons. The third-order valence-electron chi connectivity index (χ3n) is 4.50. The topological polar surface area (TPSA) is 56.5 Å². The summed E-state index contributed by atoms with van der Waals surface area (Å²) in [7, 11) is -2.24. The minimum Gasteiger partial charge on any atom is -0.497 e. The molecule has 1 aromatic heterocycles. The van der Waals surface area contributed by atoms with Crippen LogP contribution in [-0.2, 0) is 9.84 Å². The maximum atomic E-state index is 13.5. The number of benzene rings is 3. The lowest BCUT2D eigenvalue weighted by Gasteiger charge is -2.07. The first-order valence-electron chi connectivity index (χ1n) is 8.48. The number of aryl methyl sites for hydroxylation is 1. The van der Waals surface area contributed by atoms with Crippen molar-refractivity contribution in [1.29, 1.82) is 0 Å². The quantitative estimate of drug-likeness (QED) is 0.487. The average Bonchev–Trinajstić information content (AvgIpc) is 3.09. The minimum atomic E-state index is -3.79. The van der Waals surface area contributed by atoms with E-state index < -0.39 is 9.84 Å². The summed E-state index contributed by atoms with van der Waals surface area (Å²) in [4.78, 5) is 0.385. The van der Waals surface area contributed by atoms with Gasteiger partial charge in [0.2, 0.25) is 9.84 Å². The van der Waals surface area contributed by atoms with Gasteiger partial charge in [-0.1, -0.05) is 42.0 Å². The molecule has 0 N–H and O–H groups in total. The first kappa shape index (κ1) is 17.4. The third-order valence-corrected chi connectivity index (χ3v) is 6.34. The largest absolute Gasteiger partial charge is 0.497 e. The lowest BCUT2D eigenvalue weighted by Crippen LogP contribution is -2.03. The zero-order chi connectivity index (χ0) is 19.0. The molecule has 4 rings (SSSR count). The molecular weight excluding hydrogens is 360 g/mol. The van der Waals surface area contributed by atoms with Crippen LogP contribution in [0.25, 0.3) is 22.3 Å². The Morgan fingerprint density at radius 3 is 2.19 bits per heavy atom. The summed E-state index contributed by atoms with van der Waals surface area (Å²) in [5, 5.41) is 0.573. The lowest BCUT2D eigenvalue weighted by atomic mass is 10.1. The monoisotopic (exact) mass is 378 g/mol. The molecule has 5 heteroatoms. The number of sulfone groups is 1. The summed E-state index contributed by atoms with van der Waals surface area (Å²) < 4.78 is 38.0. The van der Waals surface area contributed by atoms with E-state index in [2.05, 4.69) is 0 Å². The van der Waals surface area contributed by atoms with Crippen LogP contribution >= 0.6 is 0 Å². The summed E-state index contributed by atoms with van der Waals surface area (Å²) in [6.45, 7) is 1.98. The molecule has 0 saturated heterocycles. The number of rotatable bonds is 4. The predicted octanol–water partition coefficient (Wildman–Crippen LogP) is 5.25. The van der Waals surface area contributed by atoms with E-state index in [1.807, 2.05) is 43.3 Å². The van der Waals surface area contributed by atoms with Crippen molar-refractivity contribution in [2.45, 2.75) is 16.7 Å². The lowest BCUT2D eigenvalue weighted by molar-refractivity contribution is 0.414. The van der Waals surface area contributed by atoms with Crippen molar-refractivity contribution in [2.75, 3.05) is 7.11 Å². The van der Waals surface area contributed by atoms with Crippen LogP contribution in [0.2, 0.25) is 0 Å². The smallest absolute Gasteiger partial charge is 0.211 e. The van der Waals surface area contributed by atoms with Gasteiger partial charge < -0.3 is 9.15 Å². The minimum absolute atomic E-state index is 0.187. The van der Waals surface area contributed by atoms with E-state index in [0.29, 0.717) is 22.5 Å². The number of methoxy groups -OCH3 is 1. The Morgan fingerprint density at radius 2 is 1.52 bits per heavy atom. The van der Waals surface area contributed by atoms with Gasteiger partial charge in [-0.15, -0.1) is 0 Å². The van der Waals surface area contributed by atoms with Gasteiger partial charge in [0.1, 0.15) is 16.2 Å². The molecule has 0 saturated carbocycles. The summed E-state index contributed by atoms with van der Waals surface area (Å²) in [5.74, 6) is 0.955. The maximum Gasteiger partial charge on any atom is 0.211 e. The summed E-state index contributed by atoms with van der Waals surface area (Å²) in [5.41, 5.74) is 2.36. The maximum absolute atomic E-state index is 13.5. The van der Waals surface area contributed by atoms with Crippen LogP contribution in [0.1, 0.15) is 5.56 Å². The highest BCUT2D eigenvalue weighted by atomic mass is 32.2. The van der Waals surface area contributed by atoms with Crippen LogP contribution < -0.4 is 4.74 Å². The molecule has 0 aliphatic carbocycles. The van der Waals surface area contributed by atoms with E-state index in [-0.39, 0.29) is 9.79 Å².